The molecule has 0 radical (unpaired) electrons. The van der Waals surface area contributed by atoms with Gasteiger partial charge in [0.05, 0.1) is 11.2 Å². The van der Waals surface area contributed by atoms with E-state index in [4.69, 9.17) is 4.74 Å². The molecule has 0 atom stereocenters. The quantitative estimate of drug-likeness (QED) is 0.308. The molecule has 3 aromatic heterocycles. The van der Waals surface area contributed by atoms with Gasteiger partial charge < -0.3 is 14.6 Å². The molecule has 0 spiro atoms. The summed E-state index contributed by atoms with van der Waals surface area (Å²) < 4.78 is 21.1. The maximum atomic E-state index is 13.1. The lowest BCUT2D eigenvalue weighted by molar-refractivity contribution is 0.467. The van der Waals surface area contributed by atoms with E-state index in [-0.39, 0.29) is 5.82 Å². The highest BCUT2D eigenvalue weighted by Gasteiger charge is 2.13. The monoisotopic (exact) mass is 460 g/mol. The standard InChI is InChI=1S/C24H21FN6OS/c1-15(2)12-31-14-29-21-22(31)27-13-28-23(21)32-19-9-3-16(4-10-19)20-11-26-24(33-20)30-18-7-5-17(25)6-8-18/h3-11,13-15H,12H2,1-2H3,(H,26,30). The molecule has 0 aliphatic carbocycles. The SMILES string of the molecule is CC(C)Cn1cnc2c(Oc3ccc(-c4cnc(Nc5ccc(F)cc5)s4)cc3)ncnc21. The molecule has 3 heterocycles. The molecule has 2 aromatic carbocycles. The maximum absolute atomic E-state index is 13.1. The molecular weight excluding hydrogens is 439 g/mol. The largest absolute Gasteiger partial charge is 0.437 e. The van der Waals surface area contributed by atoms with Gasteiger partial charge in [0.1, 0.15) is 17.9 Å². The third-order valence-corrected chi connectivity index (χ3v) is 5.85. The lowest BCUT2D eigenvalue weighted by Crippen LogP contribution is -2.03. The number of aromatic nitrogens is 5. The smallest absolute Gasteiger partial charge is 0.250 e. The number of imidazole rings is 1. The molecule has 9 heteroatoms. The summed E-state index contributed by atoms with van der Waals surface area (Å²) in [5.41, 5.74) is 3.20. The number of hydrogen-bond acceptors (Lipinski definition) is 7. The molecule has 33 heavy (non-hydrogen) atoms. The minimum atomic E-state index is -0.269. The second-order valence-corrected chi connectivity index (χ2v) is 8.96. The lowest BCUT2D eigenvalue weighted by Gasteiger charge is -2.08. The van der Waals surface area contributed by atoms with Crippen LogP contribution >= 0.6 is 11.3 Å². The normalized spacial score (nSPS) is 11.3. The Bertz CT molecular complexity index is 1380. The van der Waals surface area contributed by atoms with Crippen LogP contribution in [0.1, 0.15) is 13.8 Å². The van der Waals surface area contributed by atoms with E-state index in [9.17, 15) is 4.39 Å². The van der Waals surface area contributed by atoms with E-state index in [1.54, 1.807) is 18.5 Å². The average molecular weight is 461 g/mol. The van der Waals surface area contributed by atoms with Crippen LogP contribution in [-0.4, -0.2) is 24.5 Å². The van der Waals surface area contributed by atoms with Crippen molar-refractivity contribution in [3.63, 3.8) is 0 Å². The van der Waals surface area contributed by atoms with E-state index in [1.165, 1.54) is 29.8 Å². The number of nitrogens with zero attached hydrogens (tertiary/aromatic N) is 5. The van der Waals surface area contributed by atoms with Crippen LogP contribution in [0.15, 0.2) is 67.4 Å². The van der Waals surface area contributed by atoms with Gasteiger partial charge in [0, 0.05) is 18.4 Å². The molecule has 0 aliphatic heterocycles. The Balaban J connectivity index is 1.31. The van der Waals surface area contributed by atoms with Crippen LogP contribution in [0.4, 0.5) is 15.2 Å². The van der Waals surface area contributed by atoms with E-state index >= 15 is 0 Å². The fourth-order valence-electron chi connectivity index (χ4n) is 3.38. The zero-order valence-electron chi connectivity index (χ0n) is 18.1. The summed E-state index contributed by atoms with van der Waals surface area (Å²) >= 11 is 1.51. The summed E-state index contributed by atoms with van der Waals surface area (Å²) in [6.07, 6.45) is 5.08. The summed E-state index contributed by atoms with van der Waals surface area (Å²) in [6, 6.07) is 13.9. The number of anilines is 2. The van der Waals surface area contributed by atoms with Gasteiger partial charge in [-0.3, -0.25) is 0 Å². The molecule has 0 aliphatic rings. The number of ether oxygens (including phenoxy) is 1. The summed E-state index contributed by atoms with van der Waals surface area (Å²) in [7, 11) is 0. The van der Waals surface area contributed by atoms with Gasteiger partial charge in [-0.15, -0.1) is 0 Å². The molecule has 0 bridgehead atoms. The summed E-state index contributed by atoms with van der Waals surface area (Å²) in [5, 5.41) is 3.92. The number of nitrogens with one attached hydrogen (secondary N) is 1. The number of thiazole rings is 1. The van der Waals surface area contributed by atoms with Crippen molar-refractivity contribution in [1.82, 2.24) is 24.5 Å². The highest BCUT2D eigenvalue weighted by molar-refractivity contribution is 7.18. The number of hydrogen-bond donors (Lipinski definition) is 1. The highest BCUT2D eigenvalue weighted by Crippen LogP contribution is 2.33. The second-order valence-electron chi connectivity index (χ2n) is 7.93. The molecule has 5 aromatic rings. The molecule has 166 valence electrons. The maximum Gasteiger partial charge on any atom is 0.250 e. The first-order chi connectivity index (χ1) is 16.0. The zero-order chi connectivity index (χ0) is 22.8. The van der Waals surface area contributed by atoms with Crippen molar-refractivity contribution in [2.24, 2.45) is 5.92 Å². The molecule has 7 nitrogen and oxygen atoms in total. The van der Waals surface area contributed by atoms with Gasteiger partial charge in [0.15, 0.2) is 16.3 Å². The Morgan fingerprint density at radius 2 is 1.79 bits per heavy atom. The van der Waals surface area contributed by atoms with Crippen LogP contribution in [-0.2, 0) is 6.54 Å². The van der Waals surface area contributed by atoms with Crippen molar-refractivity contribution in [2.45, 2.75) is 20.4 Å². The Morgan fingerprint density at radius 3 is 2.55 bits per heavy atom. The molecular formula is C24H21FN6OS. The third-order valence-electron chi connectivity index (χ3n) is 4.88. The summed E-state index contributed by atoms with van der Waals surface area (Å²) in [4.78, 5) is 18.5. The number of halogens is 1. The van der Waals surface area contributed by atoms with Crippen LogP contribution in [0, 0.1) is 11.7 Å². The van der Waals surface area contributed by atoms with Crippen LogP contribution in [0.3, 0.4) is 0 Å². The van der Waals surface area contributed by atoms with Crippen molar-refractivity contribution < 1.29 is 9.13 Å². The zero-order valence-corrected chi connectivity index (χ0v) is 18.9. The third kappa shape index (κ3) is 4.68. The highest BCUT2D eigenvalue weighted by atomic mass is 32.1. The Morgan fingerprint density at radius 1 is 1.00 bits per heavy atom. The van der Waals surface area contributed by atoms with Crippen LogP contribution in [0.25, 0.3) is 21.6 Å². The lowest BCUT2D eigenvalue weighted by atomic mass is 10.2. The Kier molecular flexibility index (Phi) is 5.70. The van der Waals surface area contributed by atoms with E-state index in [2.05, 4.69) is 39.1 Å². The molecule has 0 saturated heterocycles. The first-order valence-electron chi connectivity index (χ1n) is 10.5. The van der Waals surface area contributed by atoms with Gasteiger partial charge in [-0.25, -0.2) is 19.3 Å². The molecule has 1 N–H and O–H groups in total. The van der Waals surface area contributed by atoms with Crippen molar-refractivity contribution >= 4 is 33.3 Å². The first-order valence-corrected chi connectivity index (χ1v) is 11.3. The molecule has 0 unspecified atom stereocenters. The van der Waals surface area contributed by atoms with Gasteiger partial charge in [-0.05, 0) is 60.0 Å². The van der Waals surface area contributed by atoms with Crippen molar-refractivity contribution in [3.8, 4) is 22.1 Å². The fraction of sp³-hybridized carbons (Fsp3) is 0.167. The van der Waals surface area contributed by atoms with E-state index in [0.717, 1.165) is 33.5 Å². The van der Waals surface area contributed by atoms with Gasteiger partial charge in [0.25, 0.3) is 5.88 Å². The van der Waals surface area contributed by atoms with Crippen molar-refractivity contribution in [3.05, 3.63) is 73.2 Å². The van der Waals surface area contributed by atoms with E-state index < -0.39 is 0 Å². The number of fused-ring (bicyclic) bond motifs is 1. The first kappa shape index (κ1) is 21.0. The predicted molar refractivity (Wildman–Crippen MR) is 127 cm³/mol. The Labute approximate surface area is 194 Å². The number of benzene rings is 2. The van der Waals surface area contributed by atoms with E-state index in [0.29, 0.717) is 23.1 Å². The average Bonchev–Trinajstić information content (AvgIpc) is 3.44. The second kappa shape index (κ2) is 8.95. The molecule has 0 amide bonds. The van der Waals surface area contributed by atoms with E-state index in [1.807, 2.05) is 35.0 Å². The predicted octanol–water partition coefficient (Wildman–Crippen LogP) is 6.28. The van der Waals surface area contributed by atoms with Crippen LogP contribution in [0.5, 0.6) is 11.6 Å². The number of rotatable bonds is 7. The summed E-state index contributed by atoms with van der Waals surface area (Å²) in [6.45, 7) is 5.13. The topological polar surface area (TPSA) is 77.8 Å². The van der Waals surface area contributed by atoms with Gasteiger partial charge >= 0.3 is 0 Å². The molecule has 0 saturated carbocycles. The van der Waals surface area contributed by atoms with Crippen LogP contribution < -0.4 is 10.1 Å². The minimum absolute atomic E-state index is 0.269. The minimum Gasteiger partial charge on any atom is -0.437 e. The molecule has 5 rings (SSSR count). The van der Waals surface area contributed by atoms with Gasteiger partial charge in [-0.1, -0.05) is 25.2 Å². The summed E-state index contributed by atoms with van der Waals surface area (Å²) in [5.74, 6) is 1.30. The van der Waals surface area contributed by atoms with Gasteiger partial charge in [0.2, 0.25) is 0 Å². The van der Waals surface area contributed by atoms with Crippen molar-refractivity contribution in [1.29, 1.82) is 0 Å². The van der Waals surface area contributed by atoms with Crippen molar-refractivity contribution in [2.75, 3.05) is 5.32 Å². The fourth-order valence-corrected chi connectivity index (χ4v) is 4.22. The molecule has 0 fully saturated rings. The van der Waals surface area contributed by atoms with Crippen LogP contribution in [0.2, 0.25) is 0 Å². The Hall–Kier alpha value is -3.85. The van der Waals surface area contributed by atoms with Gasteiger partial charge in [-0.2, -0.15) is 4.98 Å².